The molecule has 1 aliphatic carbocycles. The van der Waals surface area contributed by atoms with E-state index in [0.29, 0.717) is 0 Å². The quantitative estimate of drug-likeness (QED) is 0.527. The molecule has 0 atom stereocenters. The molecule has 0 unspecified atom stereocenters. The summed E-state index contributed by atoms with van der Waals surface area (Å²) >= 11 is 0. The van der Waals surface area contributed by atoms with Crippen LogP contribution in [0.1, 0.15) is 51.4 Å². The second kappa shape index (κ2) is 19.1. The van der Waals surface area contributed by atoms with Gasteiger partial charge in [-0.2, -0.15) is 0 Å². The van der Waals surface area contributed by atoms with Gasteiger partial charge in [0, 0.05) is 13.2 Å². The van der Waals surface area contributed by atoms with Gasteiger partial charge in [0.15, 0.2) is 0 Å². The first kappa shape index (κ1) is 16.9. The van der Waals surface area contributed by atoms with Gasteiger partial charge in [-0.05, 0) is 12.8 Å². The molecule has 15 heavy (non-hydrogen) atoms. The molecule has 1 aliphatic heterocycles. The highest BCUT2D eigenvalue weighted by Gasteiger charge is 1.95. The highest BCUT2D eigenvalue weighted by atomic mass is 16.5. The maximum absolute atomic E-state index is 4.94. The second-order valence-electron chi connectivity index (χ2n) is 3.44. The van der Waals surface area contributed by atoms with Crippen LogP contribution in [0, 0.1) is 0 Å². The topological polar surface area (TPSA) is 9.23 Å². The molecule has 0 radical (unpaired) electrons. The fourth-order valence-corrected chi connectivity index (χ4v) is 1.57. The van der Waals surface area contributed by atoms with Gasteiger partial charge in [0.05, 0.1) is 0 Å². The van der Waals surface area contributed by atoms with Crippen molar-refractivity contribution in [3.8, 4) is 0 Å². The molecule has 0 spiro atoms. The number of hydrogen-bond acceptors (Lipinski definition) is 1. The minimum atomic E-state index is 1.00. The van der Waals surface area contributed by atoms with Crippen molar-refractivity contribution < 1.29 is 4.74 Å². The predicted molar refractivity (Wildman–Crippen MR) is 70.3 cm³/mol. The Morgan fingerprint density at radius 1 is 0.467 bits per heavy atom. The van der Waals surface area contributed by atoms with E-state index in [9.17, 15) is 0 Å². The first-order valence-electron chi connectivity index (χ1n) is 6.08. The Labute approximate surface area is 96.2 Å². The number of hydrogen-bond donors (Lipinski definition) is 0. The Bertz CT molecular complexity index is 72.4. The fourth-order valence-electron chi connectivity index (χ4n) is 1.57. The van der Waals surface area contributed by atoms with Crippen molar-refractivity contribution in [2.45, 2.75) is 51.4 Å². The molecule has 2 fully saturated rings. The average molecular weight is 212 g/mol. The van der Waals surface area contributed by atoms with Crippen LogP contribution in [-0.2, 0) is 4.74 Å². The van der Waals surface area contributed by atoms with Gasteiger partial charge < -0.3 is 4.74 Å². The van der Waals surface area contributed by atoms with Crippen LogP contribution in [0.15, 0.2) is 26.3 Å². The van der Waals surface area contributed by atoms with E-state index < -0.39 is 0 Å². The summed E-state index contributed by atoms with van der Waals surface area (Å²) in [5, 5.41) is 0. The lowest BCUT2D eigenvalue weighted by atomic mass is 10.0. The Balaban J connectivity index is 0. The summed E-state index contributed by atoms with van der Waals surface area (Å²) in [5.74, 6) is 0. The van der Waals surface area contributed by atoms with Gasteiger partial charge in [0.25, 0.3) is 0 Å². The summed E-state index contributed by atoms with van der Waals surface area (Å²) < 4.78 is 4.94. The van der Waals surface area contributed by atoms with Crippen LogP contribution in [0.25, 0.3) is 0 Å². The maximum Gasteiger partial charge on any atom is 0.0466 e. The van der Waals surface area contributed by atoms with Crippen molar-refractivity contribution in [2.75, 3.05) is 13.2 Å². The lowest BCUT2D eigenvalue weighted by Gasteiger charge is -2.05. The lowest BCUT2D eigenvalue weighted by Crippen LogP contribution is -1.85. The molecule has 0 bridgehead atoms. The Morgan fingerprint density at radius 2 is 0.733 bits per heavy atom. The second-order valence-corrected chi connectivity index (χ2v) is 3.44. The summed E-state index contributed by atoms with van der Waals surface area (Å²) in [6.45, 7) is 14.0. The third-order valence-electron chi connectivity index (χ3n) is 2.33. The van der Waals surface area contributed by atoms with E-state index in [1.54, 1.807) is 0 Å². The minimum absolute atomic E-state index is 1.00. The smallest absolute Gasteiger partial charge is 0.0466 e. The minimum Gasteiger partial charge on any atom is -0.381 e. The molecule has 0 aromatic carbocycles. The Morgan fingerprint density at radius 3 is 0.867 bits per heavy atom. The third kappa shape index (κ3) is 16.1. The molecule has 1 heterocycles. The molecular formula is C14H28O. The summed E-state index contributed by atoms with van der Waals surface area (Å²) in [6.07, 6.45) is 11.6. The summed E-state index contributed by atoms with van der Waals surface area (Å²) in [5.41, 5.74) is 0. The summed E-state index contributed by atoms with van der Waals surface area (Å²) in [7, 11) is 0. The van der Waals surface area contributed by atoms with E-state index in [4.69, 9.17) is 4.74 Å². The highest BCUT2D eigenvalue weighted by molar-refractivity contribution is 4.51. The van der Waals surface area contributed by atoms with E-state index in [-0.39, 0.29) is 0 Å². The molecule has 0 N–H and O–H groups in total. The Kier molecular flexibility index (Phi) is 21.4. The van der Waals surface area contributed by atoms with Crippen molar-refractivity contribution >= 4 is 0 Å². The van der Waals surface area contributed by atoms with Gasteiger partial charge in [0.2, 0.25) is 0 Å². The van der Waals surface area contributed by atoms with Gasteiger partial charge in [-0.15, -0.1) is 26.3 Å². The van der Waals surface area contributed by atoms with Crippen LogP contribution in [0.3, 0.4) is 0 Å². The van der Waals surface area contributed by atoms with E-state index in [1.807, 2.05) is 0 Å². The number of rotatable bonds is 0. The molecule has 0 amide bonds. The Hall–Kier alpha value is -0.560. The van der Waals surface area contributed by atoms with Gasteiger partial charge in [-0.25, -0.2) is 0 Å². The lowest BCUT2D eigenvalue weighted by molar-refractivity contribution is 0.198. The van der Waals surface area contributed by atoms with Crippen LogP contribution in [0.2, 0.25) is 0 Å². The van der Waals surface area contributed by atoms with E-state index in [2.05, 4.69) is 26.3 Å². The zero-order valence-corrected chi connectivity index (χ0v) is 10.3. The van der Waals surface area contributed by atoms with Crippen molar-refractivity contribution in [3.63, 3.8) is 0 Å². The molecule has 2 aliphatic rings. The third-order valence-corrected chi connectivity index (χ3v) is 2.33. The van der Waals surface area contributed by atoms with Crippen molar-refractivity contribution in [2.24, 2.45) is 0 Å². The van der Waals surface area contributed by atoms with Crippen LogP contribution in [0.5, 0.6) is 0 Å². The van der Waals surface area contributed by atoms with Gasteiger partial charge in [-0.3, -0.25) is 0 Å². The molecule has 1 saturated heterocycles. The average Bonchev–Trinajstić information content (AvgIpc) is 2.95. The predicted octanol–water partition coefficient (Wildman–Crippen LogP) is 4.74. The molecule has 1 nitrogen and oxygen atoms in total. The molecule has 90 valence electrons. The van der Waals surface area contributed by atoms with Gasteiger partial charge in [-0.1, -0.05) is 38.5 Å². The van der Waals surface area contributed by atoms with E-state index >= 15 is 0 Å². The molecule has 1 saturated carbocycles. The first-order valence-corrected chi connectivity index (χ1v) is 6.08. The van der Waals surface area contributed by atoms with Crippen molar-refractivity contribution in [3.05, 3.63) is 26.3 Å². The van der Waals surface area contributed by atoms with Crippen molar-refractivity contribution in [1.29, 1.82) is 0 Å². The maximum atomic E-state index is 4.94. The van der Waals surface area contributed by atoms with Gasteiger partial charge >= 0.3 is 0 Å². The molecule has 1 heteroatoms. The summed E-state index contributed by atoms with van der Waals surface area (Å²) in [6, 6.07) is 0. The van der Waals surface area contributed by atoms with E-state index in [1.165, 1.54) is 51.4 Å². The van der Waals surface area contributed by atoms with Crippen molar-refractivity contribution in [1.82, 2.24) is 0 Å². The zero-order valence-electron chi connectivity index (χ0n) is 10.3. The molecule has 2 rings (SSSR count). The molecule has 0 aromatic rings. The summed E-state index contributed by atoms with van der Waals surface area (Å²) in [4.78, 5) is 0. The zero-order chi connectivity index (χ0) is 11.8. The van der Waals surface area contributed by atoms with Crippen LogP contribution >= 0.6 is 0 Å². The molecular weight excluding hydrogens is 184 g/mol. The molecule has 0 aromatic heterocycles. The standard InChI is InChI=1S/C6H12.C4H8O.2C2H4/c1-2-4-6-5-3-1;1-2-4-5-3-1;2*1-2/h1-6H2;1-4H2;2*1-2H2. The SMILES string of the molecule is C1CCCCC1.C1CCOC1.C=C.C=C. The first-order chi connectivity index (χ1) is 7.50. The highest BCUT2D eigenvalue weighted by Crippen LogP contribution is 2.15. The fraction of sp³-hybridized carbons (Fsp3) is 0.714. The number of ether oxygens (including phenoxy) is 1. The monoisotopic (exact) mass is 212 g/mol. The van der Waals surface area contributed by atoms with Crippen LogP contribution in [0.4, 0.5) is 0 Å². The van der Waals surface area contributed by atoms with Gasteiger partial charge in [0.1, 0.15) is 0 Å². The van der Waals surface area contributed by atoms with Crippen LogP contribution < -0.4 is 0 Å². The largest absolute Gasteiger partial charge is 0.381 e. The van der Waals surface area contributed by atoms with E-state index in [0.717, 1.165) is 13.2 Å². The normalized spacial score (nSPS) is 18.1. The van der Waals surface area contributed by atoms with Crippen LogP contribution in [-0.4, -0.2) is 13.2 Å².